The number of hydrogen-bond acceptors (Lipinski definition) is 3. The number of amides is 1. The number of nitrogens with two attached hydrogens (primary N) is 1. The summed E-state index contributed by atoms with van der Waals surface area (Å²) >= 11 is 0. The van der Waals surface area contributed by atoms with Gasteiger partial charge in [0.25, 0.3) is 0 Å². The van der Waals surface area contributed by atoms with E-state index in [1.165, 1.54) is 50.5 Å². The summed E-state index contributed by atoms with van der Waals surface area (Å²) < 4.78 is 0. The number of allylic oxidation sites excluding steroid dienone is 2. The molecule has 0 saturated carbocycles. The van der Waals surface area contributed by atoms with Crippen LogP contribution < -0.4 is 11.5 Å². The number of hydrogen-bond donors (Lipinski definition) is 1. The lowest BCUT2D eigenvalue weighted by atomic mass is 9.77. The number of nitrogens with one attached hydrogen (secondary N) is 1. The zero-order valence-corrected chi connectivity index (χ0v) is 20.3. The van der Waals surface area contributed by atoms with E-state index in [0.717, 1.165) is 38.5 Å². The van der Waals surface area contributed by atoms with Crippen molar-refractivity contribution >= 4 is 11.7 Å². The first-order valence-electron chi connectivity index (χ1n) is 12.8. The van der Waals surface area contributed by atoms with Gasteiger partial charge in [-0.15, -0.1) is 0 Å². The van der Waals surface area contributed by atoms with E-state index in [4.69, 9.17) is 11.5 Å². The van der Waals surface area contributed by atoms with E-state index in [1.54, 1.807) is 11.8 Å². The Kier molecular flexibility index (Phi) is 15.6. The maximum atomic E-state index is 12.2. The molecular formula is C26H48N3O2. The molecule has 1 rings (SSSR count). The molecule has 0 bridgehead atoms. The van der Waals surface area contributed by atoms with Gasteiger partial charge in [0.05, 0.1) is 0 Å². The number of carbonyl (C=O) groups excluding carboxylic acids is 2. The van der Waals surface area contributed by atoms with Gasteiger partial charge in [0.2, 0.25) is 5.91 Å². The number of nitrogens with zero attached hydrogens (tertiary/aromatic N) is 1. The van der Waals surface area contributed by atoms with Gasteiger partial charge in [0, 0.05) is 38.5 Å². The van der Waals surface area contributed by atoms with Crippen molar-refractivity contribution in [3.63, 3.8) is 0 Å². The molecule has 0 saturated heterocycles. The molecule has 0 spiro atoms. The number of ketones is 1. The van der Waals surface area contributed by atoms with Gasteiger partial charge in [-0.05, 0) is 51.4 Å². The molecule has 2 unspecified atom stereocenters. The lowest BCUT2D eigenvalue weighted by Crippen LogP contribution is -2.37. The molecule has 3 N–H and O–H groups in total. The van der Waals surface area contributed by atoms with Crippen molar-refractivity contribution in [1.82, 2.24) is 10.6 Å². The second-order valence-electron chi connectivity index (χ2n) is 9.37. The molecule has 0 heterocycles. The van der Waals surface area contributed by atoms with Crippen LogP contribution in [0.15, 0.2) is 11.6 Å². The van der Waals surface area contributed by atoms with Crippen LogP contribution >= 0.6 is 0 Å². The van der Waals surface area contributed by atoms with Crippen LogP contribution in [0.3, 0.4) is 0 Å². The molecule has 1 radical (unpaired) electrons. The Labute approximate surface area is 191 Å². The summed E-state index contributed by atoms with van der Waals surface area (Å²) in [6.07, 6.45) is 18.2. The monoisotopic (exact) mass is 434 g/mol. The molecule has 0 aromatic rings. The highest BCUT2D eigenvalue weighted by atomic mass is 16.2. The second kappa shape index (κ2) is 17.4. The largest absolute Gasteiger partial charge is 0.340 e. The minimum atomic E-state index is 0.144. The summed E-state index contributed by atoms with van der Waals surface area (Å²) in [6.45, 7) is 5.77. The van der Waals surface area contributed by atoms with Crippen LogP contribution in [-0.4, -0.2) is 42.8 Å². The molecular weight excluding hydrogens is 386 g/mol. The summed E-state index contributed by atoms with van der Waals surface area (Å²) in [5.41, 5.74) is 14.4. The Balaban J connectivity index is 2.27. The van der Waals surface area contributed by atoms with Crippen LogP contribution in [0.1, 0.15) is 104 Å². The highest BCUT2D eigenvalue weighted by Crippen LogP contribution is 2.34. The minimum absolute atomic E-state index is 0.144. The molecule has 0 aliphatic heterocycles. The van der Waals surface area contributed by atoms with E-state index in [-0.39, 0.29) is 18.4 Å². The van der Waals surface area contributed by atoms with Gasteiger partial charge < -0.3 is 10.6 Å². The third-order valence-electron chi connectivity index (χ3n) is 6.59. The average Bonchev–Trinajstić information content (AvgIpc) is 2.75. The highest BCUT2D eigenvalue weighted by molar-refractivity contribution is 5.78. The van der Waals surface area contributed by atoms with E-state index in [1.807, 2.05) is 0 Å². The van der Waals surface area contributed by atoms with Crippen LogP contribution in [-0.2, 0) is 9.59 Å². The van der Waals surface area contributed by atoms with Gasteiger partial charge in [-0.3, -0.25) is 15.3 Å². The fourth-order valence-electron chi connectivity index (χ4n) is 4.73. The number of rotatable bonds is 18. The maximum Gasteiger partial charge on any atom is 0.222 e. The summed E-state index contributed by atoms with van der Waals surface area (Å²) in [6, 6.07) is 0. The van der Waals surface area contributed by atoms with E-state index < -0.39 is 0 Å². The Morgan fingerprint density at radius 3 is 2.45 bits per heavy atom. The van der Waals surface area contributed by atoms with Crippen LogP contribution in [0.4, 0.5) is 0 Å². The fourth-order valence-corrected chi connectivity index (χ4v) is 4.73. The first kappa shape index (κ1) is 27.8. The third kappa shape index (κ3) is 12.4. The van der Waals surface area contributed by atoms with Gasteiger partial charge in [-0.1, -0.05) is 63.5 Å². The zero-order valence-electron chi connectivity index (χ0n) is 20.3. The predicted molar refractivity (Wildman–Crippen MR) is 130 cm³/mol. The van der Waals surface area contributed by atoms with Crippen LogP contribution in [0.2, 0.25) is 0 Å². The van der Waals surface area contributed by atoms with Crippen molar-refractivity contribution in [2.24, 2.45) is 17.6 Å². The molecule has 1 amide bonds. The first-order valence-corrected chi connectivity index (χ1v) is 12.8. The zero-order chi connectivity index (χ0) is 22.9. The number of Topliss-reactive ketones (excluding diaryl/α,β-unsaturated/α-hetero) is 1. The van der Waals surface area contributed by atoms with Crippen molar-refractivity contribution in [3.05, 3.63) is 11.6 Å². The quantitative estimate of drug-likeness (QED) is 0.234. The molecule has 0 fully saturated rings. The standard InChI is InChI=1S/C26H48N3O2/c1-3-4-5-9-12-23-19-24(21-25(20-23)22(2)30)13-10-7-6-8-11-14-26(31)29(17-15-27)18-16-28/h19,23,25,27H,3-18,20-21,28H2,1-2H3. The Morgan fingerprint density at radius 1 is 1.06 bits per heavy atom. The Bertz CT molecular complexity index is 527. The lowest BCUT2D eigenvalue weighted by molar-refractivity contribution is -0.131. The topological polar surface area (TPSA) is 87.2 Å². The molecule has 0 aromatic carbocycles. The fraction of sp³-hybridized carbons (Fsp3) is 0.846. The summed E-state index contributed by atoms with van der Waals surface area (Å²) in [5.74, 6) is 1.34. The van der Waals surface area contributed by atoms with Crippen LogP contribution in [0.5, 0.6) is 0 Å². The van der Waals surface area contributed by atoms with Gasteiger partial charge in [0.1, 0.15) is 5.78 Å². The average molecular weight is 435 g/mol. The maximum absolute atomic E-state index is 12.2. The minimum Gasteiger partial charge on any atom is -0.340 e. The number of carbonyl (C=O) groups is 2. The van der Waals surface area contributed by atoms with E-state index in [0.29, 0.717) is 37.8 Å². The van der Waals surface area contributed by atoms with E-state index in [2.05, 4.69) is 13.0 Å². The Morgan fingerprint density at radius 2 is 1.77 bits per heavy atom. The second-order valence-corrected chi connectivity index (χ2v) is 9.37. The van der Waals surface area contributed by atoms with Gasteiger partial charge in [0.15, 0.2) is 0 Å². The van der Waals surface area contributed by atoms with Crippen molar-refractivity contribution in [1.29, 1.82) is 0 Å². The lowest BCUT2D eigenvalue weighted by Gasteiger charge is -2.27. The third-order valence-corrected chi connectivity index (χ3v) is 6.59. The summed E-state index contributed by atoms with van der Waals surface area (Å²) in [4.78, 5) is 26.0. The van der Waals surface area contributed by atoms with E-state index in [9.17, 15) is 9.59 Å². The van der Waals surface area contributed by atoms with Crippen molar-refractivity contribution < 1.29 is 9.59 Å². The van der Waals surface area contributed by atoms with Crippen LogP contribution in [0, 0.1) is 11.8 Å². The molecule has 5 nitrogen and oxygen atoms in total. The van der Waals surface area contributed by atoms with Crippen molar-refractivity contribution in [3.8, 4) is 0 Å². The van der Waals surface area contributed by atoms with Gasteiger partial charge in [-0.25, -0.2) is 0 Å². The van der Waals surface area contributed by atoms with Gasteiger partial charge in [-0.2, -0.15) is 0 Å². The van der Waals surface area contributed by atoms with Crippen molar-refractivity contribution in [2.45, 2.75) is 104 Å². The highest BCUT2D eigenvalue weighted by Gasteiger charge is 2.25. The number of unbranched alkanes of at least 4 members (excludes halogenated alkanes) is 7. The normalized spacial score (nSPS) is 18.6. The molecule has 179 valence electrons. The molecule has 0 aromatic heterocycles. The van der Waals surface area contributed by atoms with E-state index >= 15 is 0 Å². The SMILES string of the molecule is CCCCCCC1C=C(CCCCCCCC(=O)N(CC[NH])CCN)CC(C(C)=O)C1. The van der Waals surface area contributed by atoms with Crippen molar-refractivity contribution in [2.75, 3.05) is 26.2 Å². The Hall–Kier alpha value is -1.20. The molecule has 5 heteroatoms. The summed E-state index contributed by atoms with van der Waals surface area (Å²) in [5, 5.41) is 0. The first-order chi connectivity index (χ1) is 15.0. The smallest absolute Gasteiger partial charge is 0.222 e. The molecule has 1 aliphatic rings. The molecule has 31 heavy (non-hydrogen) atoms. The van der Waals surface area contributed by atoms with Crippen LogP contribution in [0.25, 0.3) is 0 Å². The van der Waals surface area contributed by atoms with Gasteiger partial charge >= 0.3 is 0 Å². The predicted octanol–water partition coefficient (Wildman–Crippen LogP) is 5.30. The summed E-state index contributed by atoms with van der Waals surface area (Å²) in [7, 11) is 0. The molecule has 2 atom stereocenters. The molecule has 1 aliphatic carbocycles.